The number of furan rings is 1. The zero-order valence-corrected chi connectivity index (χ0v) is 23.2. The van der Waals surface area contributed by atoms with E-state index in [1.165, 1.54) is 10.6 Å². The lowest BCUT2D eigenvalue weighted by atomic mass is 10.1. The molecule has 5 heterocycles. The highest BCUT2D eigenvalue weighted by atomic mass is 32.2. The summed E-state index contributed by atoms with van der Waals surface area (Å²) in [6.07, 6.45) is 4.85. The summed E-state index contributed by atoms with van der Waals surface area (Å²) in [6.45, 7) is 4.37. The highest BCUT2D eigenvalue weighted by Gasteiger charge is 2.22. The molecule has 1 amide bonds. The first-order chi connectivity index (χ1) is 19.9. The topological polar surface area (TPSA) is 159 Å². The molecule has 0 bridgehead atoms. The summed E-state index contributed by atoms with van der Waals surface area (Å²) in [4.78, 5) is 25.7. The van der Waals surface area contributed by atoms with Crippen molar-refractivity contribution in [3.8, 4) is 11.6 Å². The van der Waals surface area contributed by atoms with Crippen molar-refractivity contribution in [2.75, 3.05) is 61.9 Å². The number of carbonyl (C=O) groups is 1. The Labute approximate surface area is 237 Å². The maximum absolute atomic E-state index is 14.9. The molecule has 4 aromatic heterocycles. The van der Waals surface area contributed by atoms with Gasteiger partial charge in [0.05, 0.1) is 42.9 Å². The van der Waals surface area contributed by atoms with Gasteiger partial charge in [-0.2, -0.15) is 14.6 Å². The third-order valence-electron chi connectivity index (χ3n) is 7.06. The number of amides is 1. The zero-order chi connectivity index (χ0) is 28.5. The quantitative estimate of drug-likeness (QED) is 0.244. The fourth-order valence-corrected chi connectivity index (χ4v) is 5.28. The molecule has 13 nitrogen and oxygen atoms in total. The monoisotopic (exact) mass is 580 g/mol. The first-order valence-electron chi connectivity index (χ1n) is 13.1. The smallest absolute Gasteiger partial charge is 0.251 e. The molecule has 0 aliphatic carbocycles. The predicted molar refractivity (Wildman–Crippen MR) is 153 cm³/mol. The van der Waals surface area contributed by atoms with Gasteiger partial charge in [0.2, 0.25) is 11.8 Å². The van der Waals surface area contributed by atoms with Crippen molar-refractivity contribution in [3.05, 3.63) is 54.2 Å². The number of nitrogens with zero attached hydrogens (tertiary/aromatic N) is 8. The Balaban J connectivity index is 1.07. The lowest BCUT2D eigenvalue weighted by molar-refractivity contribution is 0.0955. The Morgan fingerprint density at radius 1 is 1.17 bits per heavy atom. The molecule has 1 saturated heterocycles. The number of nitrogen functional groups attached to an aromatic ring is 1. The summed E-state index contributed by atoms with van der Waals surface area (Å²) < 4.78 is 34.8. The summed E-state index contributed by atoms with van der Waals surface area (Å²) in [5, 5.41) is 12.4. The van der Waals surface area contributed by atoms with Crippen LogP contribution in [-0.2, 0) is 17.7 Å². The molecule has 1 fully saturated rings. The van der Waals surface area contributed by atoms with Crippen LogP contribution in [0.4, 0.5) is 16.0 Å². The number of fused-ring (bicyclic) bond motifs is 3. The van der Waals surface area contributed by atoms with Gasteiger partial charge in [0.1, 0.15) is 11.6 Å². The Morgan fingerprint density at radius 3 is 2.73 bits per heavy atom. The van der Waals surface area contributed by atoms with Crippen LogP contribution >= 0.6 is 0 Å². The second kappa shape index (κ2) is 11.3. The fourth-order valence-electron chi connectivity index (χ4n) is 4.89. The molecule has 1 aliphatic rings. The minimum absolute atomic E-state index is 0.205. The van der Waals surface area contributed by atoms with Crippen molar-refractivity contribution in [2.45, 2.75) is 6.54 Å². The highest BCUT2D eigenvalue weighted by Crippen LogP contribution is 2.24. The third kappa shape index (κ3) is 5.55. The summed E-state index contributed by atoms with van der Waals surface area (Å²) in [5.41, 5.74) is 8.09. The van der Waals surface area contributed by atoms with Crippen molar-refractivity contribution in [1.82, 2.24) is 39.6 Å². The van der Waals surface area contributed by atoms with Crippen LogP contribution in [0, 0.1) is 5.82 Å². The Bertz CT molecular complexity index is 1680. The molecule has 1 aliphatic heterocycles. The van der Waals surface area contributed by atoms with Gasteiger partial charge in [-0.1, -0.05) is 11.2 Å². The van der Waals surface area contributed by atoms with Gasteiger partial charge in [0.15, 0.2) is 17.1 Å². The number of halogens is 1. The summed E-state index contributed by atoms with van der Waals surface area (Å²) in [6, 6.07) is 8.07. The summed E-state index contributed by atoms with van der Waals surface area (Å²) in [5.74, 6) is 0.702. The summed E-state index contributed by atoms with van der Waals surface area (Å²) in [7, 11) is 0. The van der Waals surface area contributed by atoms with Crippen LogP contribution in [0.1, 0.15) is 10.4 Å². The Kier molecular flexibility index (Phi) is 7.47. The van der Waals surface area contributed by atoms with Crippen LogP contribution in [0.25, 0.3) is 28.3 Å². The number of benzene rings is 1. The van der Waals surface area contributed by atoms with Crippen LogP contribution in [-0.4, -0.2) is 96.0 Å². The van der Waals surface area contributed by atoms with E-state index in [0.29, 0.717) is 54.0 Å². The van der Waals surface area contributed by atoms with Gasteiger partial charge in [-0.15, -0.1) is 5.10 Å². The molecule has 0 unspecified atom stereocenters. The number of rotatable bonds is 9. The standard InChI is InChI=1S/C26H29FN10O3S/c1-41(39)14-6-29-25(38)17-4-5-20(19(27)15-17)35-10-7-34(8-11-35)9-12-36-23-18(16-30-36)24-31-22(21-3-2-13-40-21)33-37(24)26(28)32-23/h2-5,13,15-16H,6-12,14H2,1H3,(H2,28,32)(H,29,38)/t41-/m1/s1. The van der Waals surface area contributed by atoms with Crippen molar-refractivity contribution >= 4 is 45.4 Å². The van der Waals surface area contributed by atoms with E-state index in [0.717, 1.165) is 25.0 Å². The van der Waals surface area contributed by atoms with E-state index in [4.69, 9.17) is 10.2 Å². The normalized spacial score (nSPS) is 15.1. The number of anilines is 2. The number of nitrogens with two attached hydrogens (primary N) is 1. The van der Waals surface area contributed by atoms with E-state index in [9.17, 15) is 13.7 Å². The molecule has 5 aromatic rings. The first-order valence-corrected chi connectivity index (χ1v) is 14.9. The molecule has 1 aromatic carbocycles. The number of piperazine rings is 1. The first kappa shape index (κ1) is 27.0. The van der Waals surface area contributed by atoms with E-state index in [1.807, 2.05) is 4.90 Å². The van der Waals surface area contributed by atoms with Crippen molar-refractivity contribution < 1.29 is 18.2 Å². The number of aromatic nitrogens is 6. The average molecular weight is 581 g/mol. The van der Waals surface area contributed by atoms with E-state index >= 15 is 0 Å². The van der Waals surface area contributed by atoms with Crippen molar-refractivity contribution in [3.63, 3.8) is 0 Å². The minimum Gasteiger partial charge on any atom is -0.617 e. The fraction of sp³-hybridized carbons (Fsp3) is 0.346. The number of hydrogen-bond donors (Lipinski definition) is 2. The van der Waals surface area contributed by atoms with E-state index in [1.54, 1.807) is 47.7 Å². The van der Waals surface area contributed by atoms with Gasteiger partial charge in [0, 0.05) is 38.3 Å². The zero-order valence-electron chi connectivity index (χ0n) is 22.4. The Hall–Kier alpha value is -4.21. The molecular formula is C26H29FN10O3S. The molecule has 0 saturated carbocycles. The predicted octanol–water partition coefficient (Wildman–Crippen LogP) is 1.39. The van der Waals surface area contributed by atoms with Crippen LogP contribution < -0.4 is 16.0 Å². The van der Waals surface area contributed by atoms with Gasteiger partial charge in [-0.05, 0) is 30.3 Å². The van der Waals surface area contributed by atoms with Crippen LogP contribution in [0.15, 0.2) is 47.2 Å². The van der Waals surface area contributed by atoms with Gasteiger partial charge in [0.25, 0.3) is 5.91 Å². The van der Waals surface area contributed by atoms with E-state index < -0.39 is 17.0 Å². The largest absolute Gasteiger partial charge is 0.617 e. The number of hydrogen-bond acceptors (Lipinski definition) is 10. The Morgan fingerprint density at radius 2 is 2.00 bits per heavy atom. The van der Waals surface area contributed by atoms with Crippen molar-refractivity contribution in [2.24, 2.45) is 0 Å². The summed E-state index contributed by atoms with van der Waals surface area (Å²) >= 11 is -1.00. The second-order valence-electron chi connectivity index (χ2n) is 9.75. The molecule has 1 atom stereocenters. The SMILES string of the molecule is C[S@@+]([O-])CCNC(=O)c1ccc(N2CCN(CCn3ncc4c3nc(N)n3nc(-c5ccco5)nc43)CC2)c(F)c1. The average Bonchev–Trinajstić information content (AvgIpc) is 3.72. The number of nitrogens with one attached hydrogen (secondary N) is 1. The molecule has 41 heavy (non-hydrogen) atoms. The molecule has 214 valence electrons. The van der Waals surface area contributed by atoms with Crippen LogP contribution in [0.2, 0.25) is 0 Å². The van der Waals surface area contributed by atoms with Crippen molar-refractivity contribution in [1.29, 1.82) is 0 Å². The molecule has 6 rings (SSSR count). The molecule has 3 N–H and O–H groups in total. The second-order valence-corrected chi connectivity index (χ2v) is 11.3. The molecular weight excluding hydrogens is 551 g/mol. The van der Waals surface area contributed by atoms with Gasteiger partial charge in [-0.25, -0.2) is 14.1 Å². The molecule has 15 heteroatoms. The maximum Gasteiger partial charge on any atom is 0.251 e. The van der Waals surface area contributed by atoms with E-state index in [-0.39, 0.29) is 24.0 Å². The highest BCUT2D eigenvalue weighted by molar-refractivity contribution is 7.90. The maximum atomic E-state index is 14.9. The lowest BCUT2D eigenvalue weighted by Crippen LogP contribution is -2.47. The van der Waals surface area contributed by atoms with Gasteiger partial charge < -0.3 is 24.9 Å². The van der Waals surface area contributed by atoms with Gasteiger partial charge in [-0.3, -0.25) is 9.69 Å². The third-order valence-corrected chi connectivity index (χ3v) is 7.84. The molecule has 0 radical (unpaired) electrons. The van der Waals surface area contributed by atoms with Crippen LogP contribution in [0.5, 0.6) is 0 Å². The minimum atomic E-state index is -1.00. The van der Waals surface area contributed by atoms with Crippen LogP contribution in [0.3, 0.4) is 0 Å². The lowest BCUT2D eigenvalue weighted by Gasteiger charge is -2.36. The van der Waals surface area contributed by atoms with E-state index in [2.05, 4.69) is 30.4 Å². The molecule has 0 spiro atoms. The van der Waals surface area contributed by atoms with Gasteiger partial charge >= 0.3 is 0 Å². The number of carbonyl (C=O) groups excluding carboxylic acids is 1.